The first kappa shape index (κ1) is 18.3. The number of quaternary nitrogens is 1. The van der Waals surface area contributed by atoms with Crippen molar-refractivity contribution in [1.29, 1.82) is 0 Å². The fourth-order valence-corrected chi connectivity index (χ4v) is 3.06. The van der Waals surface area contributed by atoms with Crippen molar-refractivity contribution >= 4 is 0 Å². The van der Waals surface area contributed by atoms with E-state index in [9.17, 15) is 0 Å². The highest BCUT2D eigenvalue weighted by atomic mass is 16.5. The van der Waals surface area contributed by atoms with E-state index in [4.69, 9.17) is 9.47 Å². The lowest BCUT2D eigenvalue weighted by Crippen LogP contribution is -2.82. The minimum atomic E-state index is 0.586. The van der Waals surface area contributed by atoms with Gasteiger partial charge in [0.1, 0.15) is 18.0 Å². The third kappa shape index (κ3) is 5.27. The van der Waals surface area contributed by atoms with Gasteiger partial charge in [-0.1, -0.05) is 26.0 Å². The van der Waals surface area contributed by atoms with E-state index in [-0.39, 0.29) is 0 Å². The highest BCUT2D eigenvalue weighted by molar-refractivity contribution is 5.29. The quantitative estimate of drug-likeness (QED) is 0.714. The van der Waals surface area contributed by atoms with Crippen molar-refractivity contribution in [2.75, 3.05) is 20.8 Å². The van der Waals surface area contributed by atoms with Crippen LogP contribution < -0.4 is 14.8 Å². The Labute approximate surface area is 146 Å². The van der Waals surface area contributed by atoms with Crippen molar-refractivity contribution in [3.63, 3.8) is 0 Å². The standard InChI is InChI=1S/C21H29NO2/c1-16(2)21(18-7-11-20(24-4)12-8-18)13-14-22-15-17-5-9-19(23-3)10-6-17/h5-12,16,21-22H,13-15H2,1-4H3/p+1/t21-/m0/s1. The van der Waals surface area contributed by atoms with Crippen LogP contribution in [0.2, 0.25) is 0 Å². The van der Waals surface area contributed by atoms with Crippen LogP contribution >= 0.6 is 0 Å². The van der Waals surface area contributed by atoms with E-state index < -0.39 is 0 Å². The van der Waals surface area contributed by atoms with Crippen LogP contribution in [-0.2, 0) is 6.54 Å². The molecule has 0 saturated carbocycles. The first-order chi connectivity index (χ1) is 11.6. The molecule has 0 aromatic heterocycles. The van der Waals surface area contributed by atoms with Crippen LogP contribution in [0.25, 0.3) is 0 Å². The smallest absolute Gasteiger partial charge is 0.118 e. The SMILES string of the molecule is COc1ccc(C[NH2+]CC[C@H](c2ccc(OC)cc2)C(C)C)cc1. The number of rotatable bonds is 9. The zero-order valence-corrected chi connectivity index (χ0v) is 15.3. The van der Waals surface area contributed by atoms with Crippen LogP contribution in [0.1, 0.15) is 37.3 Å². The summed E-state index contributed by atoms with van der Waals surface area (Å²) in [6, 6.07) is 16.9. The number of methoxy groups -OCH3 is 2. The summed E-state index contributed by atoms with van der Waals surface area (Å²) in [4.78, 5) is 0. The van der Waals surface area contributed by atoms with Gasteiger partial charge in [-0.25, -0.2) is 0 Å². The van der Waals surface area contributed by atoms with Crippen molar-refractivity contribution in [3.05, 3.63) is 59.7 Å². The summed E-state index contributed by atoms with van der Waals surface area (Å²) in [5, 5.41) is 2.39. The molecule has 0 saturated heterocycles. The molecule has 1 atom stereocenters. The fourth-order valence-electron chi connectivity index (χ4n) is 3.06. The van der Waals surface area contributed by atoms with Gasteiger partial charge in [0.2, 0.25) is 0 Å². The van der Waals surface area contributed by atoms with Crippen LogP contribution in [0.3, 0.4) is 0 Å². The van der Waals surface area contributed by atoms with Gasteiger partial charge in [0, 0.05) is 12.0 Å². The molecule has 0 aliphatic heterocycles. The second-order valence-electron chi connectivity index (χ2n) is 6.54. The summed E-state index contributed by atoms with van der Waals surface area (Å²) < 4.78 is 10.5. The molecule has 24 heavy (non-hydrogen) atoms. The molecular weight excluding hydrogens is 298 g/mol. The highest BCUT2D eigenvalue weighted by Crippen LogP contribution is 2.28. The number of hydrogen-bond donors (Lipinski definition) is 1. The van der Waals surface area contributed by atoms with Crippen LogP contribution in [0.5, 0.6) is 11.5 Å². The molecule has 3 nitrogen and oxygen atoms in total. The Balaban J connectivity index is 1.84. The molecule has 0 spiro atoms. The summed E-state index contributed by atoms with van der Waals surface area (Å²) in [5.74, 6) is 3.06. The van der Waals surface area contributed by atoms with Crippen LogP contribution in [0.15, 0.2) is 48.5 Å². The average molecular weight is 328 g/mol. The van der Waals surface area contributed by atoms with E-state index >= 15 is 0 Å². The third-order valence-electron chi connectivity index (χ3n) is 4.57. The van der Waals surface area contributed by atoms with Gasteiger partial charge in [-0.05, 0) is 53.8 Å². The van der Waals surface area contributed by atoms with Gasteiger partial charge in [0.15, 0.2) is 0 Å². The van der Waals surface area contributed by atoms with E-state index in [2.05, 4.69) is 55.6 Å². The van der Waals surface area contributed by atoms with Crippen LogP contribution in [0.4, 0.5) is 0 Å². The number of ether oxygens (including phenoxy) is 2. The molecule has 0 heterocycles. The Morgan fingerprint density at radius 3 is 1.88 bits per heavy atom. The van der Waals surface area contributed by atoms with Gasteiger partial charge in [0.25, 0.3) is 0 Å². The fraction of sp³-hybridized carbons (Fsp3) is 0.429. The normalized spacial score (nSPS) is 12.2. The van der Waals surface area contributed by atoms with Gasteiger partial charge in [-0.15, -0.1) is 0 Å². The molecule has 0 aliphatic carbocycles. The van der Waals surface area contributed by atoms with Crippen molar-refractivity contribution in [2.24, 2.45) is 5.92 Å². The van der Waals surface area contributed by atoms with E-state index in [0.29, 0.717) is 11.8 Å². The van der Waals surface area contributed by atoms with E-state index in [0.717, 1.165) is 24.6 Å². The lowest BCUT2D eigenvalue weighted by Gasteiger charge is -2.21. The summed E-state index contributed by atoms with van der Waals surface area (Å²) in [7, 11) is 3.41. The third-order valence-corrected chi connectivity index (χ3v) is 4.57. The van der Waals surface area contributed by atoms with Gasteiger partial charge in [-0.3, -0.25) is 0 Å². The Hall–Kier alpha value is -2.00. The molecule has 0 aliphatic rings. The monoisotopic (exact) mass is 328 g/mol. The maximum absolute atomic E-state index is 5.26. The first-order valence-corrected chi connectivity index (χ1v) is 8.72. The number of hydrogen-bond acceptors (Lipinski definition) is 2. The van der Waals surface area contributed by atoms with Crippen LogP contribution in [0, 0.1) is 5.92 Å². The highest BCUT2D eigenvalue weighted by Gasteiger charge is 2.16. The molecule has 0 amide bonds. The molecule has 2 rings (SSSR count). The van der Waals surface area contributed by atoms with E-state index in [1.165, 1.54) is 17.5 Å². The molecule has 3 heteroatoms. The Morgan fingerprint density at radius 2 is 1.38 bits per heavy atom. The van der Waals surface area contributed by atoms with Gasteiger partial charge in [-0.2, -0.15) is 0 Å². The Morgan fingerprint density at radius 1 is 0.833 bits per heavy atom. The molecular formula is C21H30NO2+. The first-order valence-electron chi connectivity index (χ1n) is 8.72. The molecule has 0 fully saturated rings. The summed E-state index contributed by atoms with van der Waals surface area (Å²) in [6.07, 6.45) is 1.18. The topological polar surface area (TPSA) is 35.1 Å². The minimum absolute atomic E-state index is 0.586. The van der Waals surface area contributed by atoms with Crippen LogP contribution in [-0.4, -0.2) is 20.8 Å². The van der Waals surface area contributed by atoms with Crippen molar-refractivity contribution in [2.45, 2.75) is 32.7 Å². The Bertz CT molecular complexity index is 590. The molecule has 2 N–H and O–H groups in total. The summed E-state index contributed by atoms with van der Waals surface area (Å²) in [5.41, 5.74) is 2.74. The lowest BCUT2D eigenvalue weighted by atomic mass is 9.86. The lowest BCUT2D eigenvalue weighted by molar-refractivity contribution is -0.671. The van der Waals surface area contributed by atoms with Gasteiger partial charge < -0.3 is 14.8 Å². The van der Waals surface area contributed by atoms with E-state index in [1.54, 1.807) is 14.2 Å². The largest absolute Gasteiger partial charge is 0.497 e. The predicted molar refractivity (Wildman–Crippen MR) is 98.7 cm³/mol. The van der Waals surface area contributed by atoms with Crippen molar-refractivity contribution in [3.8, 4) is 11.5 Å². The van der Waals surface area contributed by atoms with Gasteiger partial charge >= 0.3 is 0 Å². The van der Waals surface area contributed by atoms with Crippen molar-refractivity contribution < 1.29 is 14.8 Å². The Kier molecular flexibility index (Phi) is 7.13. The summed E-state index contributed by atoms with van der Waals surface area (Å²) >= 11 is 0. The molecule has 0 radical (unpaired) electrons. The van der Waals surface area contributed by atoms with E-state index in [1.807, 2.05) is 12.1 Å². The average Bonchev–Trinajstić information content (AvgIpc) is 2.62. The minimum Gasteiger partial charge on any atom is -0.497 e. The maximum Gasteiger partial charge on any atom is 0.118 e. The molecule has 0 bridgehead atoms. The second kappa shape index (κ2) is 9.33. The second-order valence-corrected chi connectivity index (χ2v) is 6.54. The molecule has 130 valence electrons. The molecule has 2 aromatic carbocycles. The predicted octanol–water partition coefficient (Wildman–Crippen LogP) is 3.60. The number of benzene rings is 2. The molecule has 2 aromatic rings. The van der Waals surface area contributed by atoms with Gasteiger partial charge in [0.05, 0.1) is 20.8 Å². The summed E-state index contributed by atoms with van der Waals surface area (Å²) in [6.45, 7) is 6.75. The maximum atomic E-state index is 5.26. The zero-order valence-electron chi connectivity index (χ0n) is 15.3. The number of nitrogens with two attached hydrogens (primary N) is 1. The van der Waals surface area contributed by atoms with Crippen molar-refractivity contribution in [1.82, 2.24) is 0 Å². The molecule has 0 unspecified atom stereocenters. The zero-order chi connectivity index (χ0) is 17.4.